The molecular weight excluding hydrogens is 250 g/mol. The fourth-order valence-corrected chi connectivity index (χ4v) is 3.76. The van der Waals surface area contributed by atoms with Gasteiger partial charge in [-0.1, -0.05) is 43.7 Å². The third-order valence-electron chi connectivity index (χ3n) is 4.66. The first-order valence-corrected chi connectivity index (χ1v) is 7.78. The maximum Gasteiger partial charge on any atom is 0.323 e. The molecule has 0 aromatic heterocycles. The van der Waals surface area contributed by atoms with Gasteiger partial charge in [0.1, 0.15) is 12.6 Å². The number of fused-ring (bicyclic) bond motifs is 1. The van der Waals surface area contributed by atoms with E-state index in [0.29, 0.717) is 12.5 Å². The Labute approximate surface area is 120 Å². The number of piperidine rings is 1. The summed E-state index contributed by atoms with van der Waals surface area (Å²) >= 11 is 0. The van der Waals surface area contributed by atoms with Crippen LogP contribution in [0.2, 0.25) is 0 Å². The van der Waals surface area contributed by atoms with E-state index in [-0.39, 0.29) is 18.1 Å². The van der Waals surface area contributed by atoms with Crippen LogP contribution >= 0.6 is 0 Å². The molecule has 3 rings (SSSR count). The van der Waals surface area contributed by atoms with Crippen molar-refractivity contribution in [2.45, 2.75) is 44.7 Å². The molecule has 0 aliphatic carbocycles. The van der Waals surface area contributed by atoms with E-state index in [1.165, 1.54) is 12.0 Å². The summed E-state index contributed by atoms with van der Waals surface area (Å²) in [5.41, 5.74) is 1.27. The summed E-state index contributed by atoms with van der Waals surface area (Å²) in [6.07, 6.45) is 4.61. The lowest BCUT2D eigenvalue weighted by molar-refractivity contribution is -0.169. The van der Waals surface area contributed by atoms with Crippen molar-refractivity contribution < 1.29 is 9.53 Å². The standard InChI is InChI=1S/C17H23NO2/c1-2-7-14-10-6-11-18-15(12-20-17(19)16(14)18)13-8-4-3-5-9-13/h3-5,8-9,14-16H,2,6-7,10-12H2,1H3/t14-,15+,16+/m1/s1. The molecule has 0 unspecified atom stereocenters. The minimum absolute atomic E-state index is 0.00432. The summed E-state index contributed by atoms with van der Waals surface area (Å²) in [7, 11) is 0. The van der Waals surface area contributed by atoms with E-state index in [0.717, 1.165) is 25.8 Å². The van der Waals surface area contributed by atoms with Crippen LogP contribution in [0, 0.1) is 5.92 Å². The molecular formula is C17H23NO2. The second-order valence-corrected chi connectivity index (χ2v) is 5.93. The van der Waals surface area contributed by atoms with Crippen LogP contribution in [-0.4, -0.2) is 30.1 Å². The molecule has 0 saturated carbocycles. The molecule has 2 aliphatic rings. The molecule has 108 valence electrons. The van der Waals surface area contributed by atoms with Gasteiger partial charge < -0.3 is 4.74 Å². The van der Waals surface area contributed by atoms with Crippen LogP contribution in [0.15, 0.2) is 30.3 Å². The number of nitrogens with zero attached hydrogens (tertiary/aromatic N) is 1. The van der Waals surface area contributed by atoms with Crippen LogP contribution in [0.1, 0.15) is 44.2 Å². The van der Waals surface area contributed by atoms with Crippen LogP contribution in [-0.2, 0) is 9.53 Å². The Morgan fingerprint density at radius 2 is 2.10 bits per heavy atom. The van der Waals surface area contributed by atoms with Gasteiger partial charge >= 0.3 is 5.97 Å². The van der Waals surface area contributed by atoms with Crippen molar-refractivity contribution in [1.82, 2.24) is 4.90 Å². The van der Waals surface area contributed by atoms with Gasteiger partial charge in [0.25, 0.3) is 0 Å². The van der Waals surface area contributed by atoms with Gasteiger partial charge in [0, 0.05) is 0 Å². The number of carbonyl (C=O) groups is 1. The van der Waals surface area contributed by atoms with Gasteiger partial charge in [0.05, 0.1) is 6.04 Å². The first kappa shape index (κ1) is 13.6. The molecule has 2 heterocycles. The zero-order valence-electron chi connectivity index (χ0n) is 12.1. The second kappa shape index (κ2) is 5.96. The molecule has 0 bridgehead atoms. The predicted molar refractivity (Wildman–Crippen MR) is 78.3 cm³/mol. The van der Waals surface area contributed by atoms with Crippen LogP contribution in [0.4, 0.5) is 0 Å². The van der Waals surface area contributed by atoms with Crippen LogP contribution in [0.5, 0.6) is 0 Å². The van der Waals surface area contributed by atoms with Gasteiger partial charge in [-0.15, -0.1) is 0 Å². The number of ether oxygens (including phenoxy) is 1. The molecule has 20 heavy (non-hydrogen) atoms. The molecule has 3 nitrogen and oxygen atoms in total. The summed E-state index contributed by atoms with van der Waals surface area (Å²) in [5.74, 6) is 0.461. The molecule has 2 saturated heterocycles. The highest BCUT2D eigenvalue weighted by Gasteiger charge is 2.44. The quantitative estimate of drug-likeness (QED) is 0.792. The summed E-state index contributed by atoms with van der Waals surface area (Å²) in [6.45, 7) is 3.71. The average molecular weight is 273 g/mol. The Morgan fingerprint density at radius 1 is 1.30 bits per heavy atom. The second-order valence-electron chi connectivity index (χ2n) is 5.93. The van der Waals surface area contributed by atoms with Crippen LogP contribution < -0.4 is 0 Å². The number of carbonyl (C=O) groups excluding carboxylic acids is 1. The van der Waals surface area contributed by atoms with Crippen molar-refractivity contribution >= 4 is 5.97 Å². The van der Waals surface area contributed by atoms with Crippen molar-refractivity contribution in [3.05, 3.63) is 35.9 Å². The topological polar surface area (TPSA) is 29.5 Å². The lowest BCUT2D eigenvalue weighted by atomic mass is 9.83. The largest absolute Gasteiger partial charge is 0.462 e. The maximum atomic E-state index is 12.2. The minimum Gasteiger partial charge on any atom is -0.462 e. The molecule has 0 radical (unpaired) electrons. The normalized spacial score (nSPS) is 30.6. The minimum atomic E-state index is -0.0253. The van der Waals surface area contributed by atoms with Gasteiger partial charge in [-0.05, 0) is 37.3 Å². The summed E-state index contributed by atoms with van der Waals surface area (Å²) in [4.78, 5) is 14.6. The Kier molecular flexibility index (Phi) is 4.06. The van der Waals surface area contributed by atoms with E-state index in [1.54, 1.807) is 0 Å². The van der Waals surface area contributed by atoms with Crippen LogP contribution in [0.25, 0.3) is 0 Å². The lowest BCUT2D eigenvalue weighted by Crippen LogP contribution is -2.56. The van der Waals surface area contributed by atoms with Crippen molar-refractivity contribution in [1.29, 1.82) is 0 Å². The summed E-state index contributed by atoms with van der Waals surface area (Å²) in [5, 5.41) is 0. The first-order chi connectivity index (χ1) is 9.81. The zero-order chi connectivity index (χ0) is 13.9. The highest BCUT2D eigenvalue weighted by Crippen LogP contribution is 2.37. The number of morpholine rings is 1. The highest BCUT2D eigenvalue weighted by molar-refractivity contribution is 5.77. The number of benzene rings is 1. The van der Waals surface area contributed by atoms with Crippen molar-refractivity contribution in [2.24, 2.45) is 5.92 Å². The molecule has 2 fully saturated rings. The Morgan fingerprint density at radius 3 is 2.85 bits per heavy atom. The molecule has 0 spiro atoms. The van der Waals surface area contributed by atoms with E-state index >= 15 is 0 Å². The van der Waals surface area contributed by atoms with E-state index in [9.17, 15) is 4.79 Å². The summed E-state index contributed by atoms with van der Waals surface area (Å²) < 4.78 is 5.51. The number of hydrogen-bond acceptors (Lipinski definition) is 3. The van der Waals surface area contributed by atoms with Gasteiger partial charge in [0.2, 0.25) is 0 Å². The van der Waals surface area contributed by atoms with Gasteiger partial charge in [0.15, 0.2) is 0 Å². The average Bonchev–Trinajstić information content (AvgIpc) is 2.49. The SMILES string of the molecule is CCC[C@@H]1CCCN2[C@@H]1C(=O)OC[C@H]2c1ccccc1. The van der Waals surface area contributed by atoms with E-state index in [2.05, 4.69) is 36.1 Å². The summed E-state index contributed by atoms with van der Waals surface area (Å²) in [6, 6.07) is 10.7. The smallest absolute Gasteiger partial charge is 0.323 e. The van der Waals surface area contributed by atoms with E-state index in [1.807, 2.05) is 6.07 Å². The van der Waals surface area contributed by atoms with Gasteiger partial charge in [-0.2, -0.15) is 0 Å². The number of cyclic esters (lactones) is 1. The van der Waals surface area contributed by atoms with Crippen molar-refractivity contribution in [3.63, 3.8) is 0 Å². The first-order valence-electron chi connectivity index (χ1n) is 7.78. The molecule has 3 atom stereocenters. The third kappa shape index (κ3) is 2.47. The zero-order valence-corrected chi connectivity index (χ0v) is 12.1. The third-order valence-corrected chi connectivity index (χ3v) is 4.66. The fraction of sp³-hybridized carbons (Fsp3) is 0.588. The molecule has 0 N–H and O–H groups in total. The monoisotopic (exact) mass is 273 g/mol. The molecule has 1 aromatic carbocycles. The van der Waals surface area contributed by atoms with Gasteiger partial charge in [-0.3, -0.25) is 9.69 Å². The molecule has 1 aromatic rings. The number of esters is 1. The van der Waals surface area contributed by atoms with E-state index < -0.39 is 0 Å². The van der Waals surface area contributed by atoms with Gasteiger partial charge in [-0.25, -0.2) is 0 Å². The molecule has 3 heteroatoms. The number of rotatable bonds is 3. The Bertz CT molecular complexity index is 457. The maximum absolute atomic E-state index is 12.2. The van der Waals surface area contributed by atoms with E-state index in [4.69, 9.17) is 4.74 Å². The van der Waals surface area contributed by atoms with Crippen molar-refractivity contribution in [3.8, 4) is 0 Å². The molecule has 0 amide bonds. The lowest BCUT2D eigenvalue weighted by Gasteiger charge is -2.47. The highest BCUT2D eigenvalue weighted by atomic mass is 16.5. The van der Waals surface area contributed by atoms with Crippen molar-refractivity contribution in [2.75, 3.05) is 13.2 Å². The number of hydrogen-bond donors (Lipinski definition) is 0. The Balaban J connectivity index is 1.86. The van der Waals surface area contributed by atoms with Crippen LogP contribution in [0.3, 0.4) is 0 Å². The molecule has 2 aliphatic heterocycles. The fourth-order valence-electron chi connectivity index (χ4n) is 3.76. The predicted octanol–water partition coefficient (Wildman–Crippen LogP) is 3.17. The Hall–Kier alpha value is -1.35.